The van der Waals surface area contributed by atoms with Gasteiger partial charge < -0.3 is 24.8 Å². The molecule has 1 spiro atoms. The zero-order valence-electron chi connectivity index (χ0n) is 10.5. The van der Waals surface area contributed by atoms with Crippen LogP contribution >= 0.6 is 0 Å². The van der Waals surface area contributed by atoms with Crippen LogP contribution in [0, 0.1) is 0 Å². The van der Waals surface area contributed by atoms with Crippen LogP contribution in [0.5, 0.6) is 5.75 Å². The van der Waals surface area contributed by atoms with Crippen molar-refractivity contribution in [2.45, 2.75) is 43.4 Å². The topological polar surface area (TPSA) is 79.2 Å². The molecule has 5 nitrogen and oxygen atoms in total. The Morgan fingerprint density at radius 3 is 2.79 bits per heavy atom. The number of hydrogen-bond acceptors (Lipinski definition) is 5. The zero-order valence-corrected chi connectivity index (χ0v) is 10.5. The highest BCUT2D eigenvalue weighted by molar-refractivity contribution is 5.39. The highest BCUT2D eigenvalue weighted by atomic mass is 16.7. The highest BCUT2D eigenvalue weighted by Crippen LogP contribution is 2.42. The smallest absolute Gasteiger partial charge is 0.243 e. The fourth-order valence-electron chi connectivity index (χ4n) is 2.88. The molecule has 19 heavy (non-hydrogen) atoms. The molecular weight excluding hydrogens is 248 g/mol. The number of benzene rings is 1. The number of hydrogen-bond donors (Lipinski definition) is 3. The minimum Gasteiger partial charge on any atom is -0.459 e. The van der Waals surface area contributed by atoms with Crippen LogP contribution in [0.2, 0.25) is 0 Å². The van der Waals surface area contributed by atoms with Gasteiger partial charge in [-0.25, -0.2) is 0 Å². The standard InChI is InChI=1S/C14H18O5/c15-6-5-10-7-11(16)13(17)14(18-10)8-9-3-1-2-4-12(9)19-14/h1-4,10-11,13,15-17H,5-8H2/t10-,11-,13+,14-/m1/s1. The second-order valence-electron chi connectivity index (χ2n) is 5.20. The molecule has 0 radical (unpaired) electrons. The van der Waals surface area contributed by atoms with Gasteiger partial charge in [0.15, 0.2) is 0 Å². The maximum atomic E-state index is 10.2. The van der Waals surface area contributed by atoms with Gasteiger partial charge in [-0.3, -0.25) is 0 Å². The Morgan fingerprint density at radius 2 is 2.05 bits per heavy atom. The lowest BCUT2D eigenvalue weighted by Gasteiger charge is -2.43. The Kier molecular flexibility index (Phi) is 3.22. The molecule has 1 fully saturated rings. The molecule has 104 valence electrons. The first-order chi connectivity index (χ1) is 9.14. The van der Waals surface area contributed by atoms with Crippen LogP contribution in [0.4, 0.5) is 0 Å². The Labute approximate surface area is 111 Å². The first-order valence-corrected chi connectivity index (χ1v) is 6.56. The Balaban J connectivity index is 1.87. The third-order valence-electron chi connectivity index (χ3n) is 3.83. The van der Waals surface area contributed by atoms with Gasteiger partial charge in [0.05, 0.1) is 12.2 Å². The first-order valence-electron chi connectivity index (χ1n) is 6.56. The number of ether oxygens (including phenoxy) is 2. The van der Waals surface area contributed by atoms with Gasteiger partial charge in [-0.2, -0.15) is 0 Å². The summed E-state index contributed by atoms with van der Waals surface area (Å²) >= 11 is 0. The lowest BCUT2D eigenvalue weighted by Crippen LogP contribution is -2.60. The molecule has 2 aliphatic rings. The quantitative estimate of drug-likeness (QED) is 0.713. The van der Waals surface area contributed by atoms with Crippen LogP contribution < -0.4 is 4.74 Å². The largest absolute Gasteiger partial charge is 0.459 e. The van der Waals surface area contributed by atoms with Crippen LogP contribution in [0.1, 0.15) is 18.4 Å². The number of para-hydroxylation sites is 1. The van der Waals surface area contributed by atoms with E-state index in [1.807, 2.05) is 24.3 Å². The summed E-state index contributed by atoms with van der Waals surface area (Å²) in [4.78, 5) is 0. The van der Waals surface area contributed by atoms with Gasteiger partial charge in [0.1, 0.15) is 11.9 Å². The van der Waals surface area contributed by atoms with Gasteiger partial charge >= 0.3 is 0 Å². The van der Waals surface area contributed by atoms with Crippen molar-refractivity contribution in [3.63, 3.8) is 0 Å². The van der Waals surface area contributed by atoms with Gasteiger partial charge in [0, 0.05) is 25.0 Å². The lowest BCUT2D eigenvalue weighted by molar-refractivity contribution is -0.301. The average Bonchev–Trinajstić information content (AvgIpc) is 2.75. The van der Waals surface area contributed by atoms with Crippen molar-refractivity contribution in [2.75, 3.05) is 6.61 Å². The Hall–Kier alpha value is -1.14. The predicted molar refractivity (Wildman–Crippen MR) is 66.7 cm³/mol. The van der Waals surface area contributed by atoms with E-state index in [4.69, 9.17) is 14.6 Å². The van der Waals surface area contributed by atoms with Crippen LogP contribution in [0.25, 0.3) is 0 Å². The lowest BCUT2D eigenvalue weighted by atomic mass is 9.91. The molecule has 0 aromatic heterocycles. The molecule has 1 saturated heterocycles. The average molecular weight is 266 g/mol. The second-order valence-corrected chi connectivity index (χ2v) is 5.20. The summed E-state index contributed by atoms with van der Waals surface area (Å²) < 4.78 is 11.6. The maximum Gasteiger partial charge on any atom is 0.243 e. The van der Waals surface area contributed by atoms with E-state index in [2.05, 4.69) is 0 Å². The van der Waals surface area contributed by atoms with Gasteiger partial charge in [-0.05, 0) is 12.5 Å². The van der Waals surface area contributed by atoms with Crippen LogP contribution in [0.15, 0.2) is 24.3 Å². The fourth-order valence-corrected chi connectivity index (χ4v) is 2.88. The van der Waals surface area contributed by atoms with Gasteiger partial charge in [0.2, 0.25) is 5.79 Å². The number of fused-ring (bicyclic) bond motifs is 1. The van der Waals surface area contributed by atoms with Crippen molar-refractivity contribution in [1.29, 1.82) is 0 Å². The minimum atomic E-state index is -1.22. The number of aliphatic hydroxyl groups is 3. The van der Waals surface area contributed by atoms with E-state index in [1.165, 1.54) is 0 Å². The van der Waals surface area contributed by atoms with E-state index in [0.29, 0.717) is 25.0 Å². The van der Waals surface area contributed by atoms with E-state index >= 15 is 0 Å². The third kappa shape index (κ3) is 2.12. The fraction of sp³-hybridized carbons (Fsp3) is 0.571. The van der Waals surface area contributed by atoms with E-state index in [-0.39, 0.29) is 12.7 Å². The molecule has 2 aliphatic heterocycles. The van der Waals surface area contributed by atoms with Crippen LogP contribution in [-0.4, -0.2) is 46.0 Å². The molecule has 4 atom stereocenters. The van der Waals surface area contributed by atoms with Crippen molar-refractivity contribution in [2.24, 2.45) is 0 Å². The second kappa shape index (κ2) is 4.76. The summed E-state index contributed by atoms with van der Waals surface area (Å²) in [5.74, 6) is -0.542. The van der Waals surface area contributed by atoms with E-state index < -0.39 is 18.0 Å². The van der Waals surface area contributed by atoms with Crippen molar-refractivity contribution >= 4 is 0 Å². The van der Waals surface area contributed by atoms with Gasteiger partial charge in [-0.15, -0.1) is 0 Å². The zero-order chi connectivity index (χ0) is 13.5. The molecule has 0 aliphatic carbocycles. The molecule has 0 amide bonds. The summed E-state index contributed by atoms with van der Waals surface area (Å²) in [6.45, 7) is -0.0174. The number of rotatable bonds is 2. The molecule has 3 rings (SSSR count). The summed E-state index contributed by atoms with van der Waals surface area (Å²) in [5, 5.41) is 29.2. The van der Waals surface area contributed by atoms with E-state index in [9.17, 15) is 10.2 Å². The first kappa shape index (κ1) is 12.9. The number of aliphatic hydroxyl groups excluding tert-OH is 3. The predicted octanol–water partition coefficient (Wildman–Crippen LogP) is 0.211. The molecule has 1 aromatic rings. The van der Waals surface area contributed by atoms with Crippen molar-refractivity contribution in [3.8, 4) is 5.75 Å². The molecule has 0 unspecified atom stereocenters. The third-order valence-corrected chi connectivity index (χ3v) is 3.83. The highest BCUT2D eigenvalue weighted by Gasteiger charge is 2.54. The van der Waals surface area contributed by atoms with Gasteiger partial charge in [-0.1, -0.05) is 18.2 Å². The monoisotopic (exact) mass is 266 g/mol. The summed E-state index contributed by atoms with van der Waals surface area (Å²) in [6.07, 6.45) is -1.16. The van der Waals surface area contributed by atoms with E-state index in [1.54, 1.807) is 0 Å². The Morgan fingerprint density at radius 1 is 1.26 bits per heavy atom. The minimum absolute atomic E-state index is 0.0174. The SMILES string of the molecule is OCC[C@@H]1C[C@@H](O)[C@H](O)[C@]2(Cc3ccccc3O2)O1. The van der Waals surface area contributed by atoms with E-state index in [0.717, 1.165) is 5.56 Å². The summed E-state index contributed by atoms with van der Waals surface area (Å²) in [5.41, 5.74) is 0.957. The van der Waals surface area contributed by atoms with Crippen LogP contribution in [0.3, 0.4) is 0 Å². The normalized spacial score (nSPS) is 37.1. The molecule has 3 N–H and O–H groups in total. The summed E-state index contributed by atoms with van der Waals surface area (Å²) in [7, 11) is 0. The van der Waals surface area contributed by atoms with Crippen molar-refractivity contribution in [3.05, 3.63) is 29.8 Å². The molecular formula is C14H18O5. The van der Waals surface area contributed by atoms with Crippen LogP contribution in [-0.2, 0) is 11.2 Å². The van der Waals surface area contributed by atoms with Crippen molar-refractivity contribution in [1.82, 2.24) is 0 Å². The maximum absolute atomic E-state index is 10.2. The Bertz CT molecular complexity index is 436. The molecule has 0 bridgehead atoms. The summed E-state index contributed by atoms with van der Waals surface area (Å²) in [6, 6.07) is 7.50. The molecule has 5 heteroatoms. The van der Waals surface area contributed by atoms with Crippen molar-refractivity contribution < 1.29 is 24.8 Å². The molecule has 1 aromatic carbocycles. The molecule has 2 heterocycles. The molecule has 0 saturated carbocycles. The van der Waals surface area contributed by atoms with Gasteiger partial charge in [0.25, 0.3) is 0 Å².